The highest BCUT2D eigenvalue weighted by Crippen LogP contribution is 2.24. The van der Waals surface area contributed by atoms with Gasteiger partial charge in [0.05, 0.1) is 6.10 Å². The van der Waals surface area contributed by atoms with Crippen LogP contribution in [0.3, 0.4) is 0 Å². The van der Waals surface area contributed by atoms with Crippen molar-refractivity contribution in [3.8, 4) is 5.75 Å². The standard InChI is InChI=1S/C17H19Cl2NO2.ClH/c1-12(21)9-20-10-14-8-16(19)6-7-17(14)22-11-13-2-4-15(18)5-3-13;/h2-8,12,20-21H,9-11H2,1H3;1H. The third-order valence-corrected chi connectivity index (χ3v) is 3.57. The van der Waals surface area contributed by atoms with E-state index < -0.39 is 6.10 Å². The maximum atomic E-state index is 9.30. The predicted octanol–water partition coefficient (Wildman–Crippen LogP) is 4.46. The zero-order chi connectivity index (χ0) is 15.9. The highest BCUT2D eigenvalue weighted by molar-refractivity contribution is 6.30. The van der Waals surface area contributed by atoms with Gasteiger partial charge in [-0.15, -0.1) is 12.4 Å². The van der Waals surface area contributed by atoms with Crippen LogP contribution >= 0.6 is 35.6 Å². The van der Waals surface area contributed by atoms with Crippen molar-refractivity contribution in [3.63, 3.8) is 0 Å². The fourth-order valence-electron chi connectivity index (χ4n) is 1.98. The molecule has 1 unspecified atom stereocenters. The van der Waals surface area contributed by atoms with Gasteiger partial charge in [0, 0.05) is 28.7 Å². The summed E-state index contributed by atoms with van der Waals surface area (Å²) in [6.07, 6.45) is -0.391. The van der Waals surface area contributed by atoms with Gasteiger partial charge in [0.2, 0.25) is 0 Å². The number of benzene rings is 2. The van der Waals surface area contributed by atoms with Crippen molar-refractivity contribution in [2.24, 2.45) is 0 Å². The Bertz CT molecular complexity index is 603. The molecule has 0 amide bonds. The van der Waals surface area contributed by atoms with E-state index in [1.807, 2.05) is 36.4 Å². The number of aliphatic hydroxyl groups is 1. The maximum absolute atomic E-state index is 9.30. The first kappa shape index (κ1) is 20.1. The third-order valence-electron chi connectivity index (χ3n) is 3.09. The van der Waals surface area contributed by atoms with Crippen LogP contribution in [0.1, 0.15) is 18.1 Å². The van der Waals surface area contributed by atoms with Gasteiger partial charge >= 0.3 is 0 Å². The lowest BCUT2D eigenvalue weighted by molar-refractivity contribution is 0.190. The molecule has 0 saturated heterocycles. The van der Waals surface area contributed by atoms with Crippen molar-refractivity contribution in [2.45, 2.75) is 26.2 Å². The third kappa shape index (κ3) is 6.98. The second kappa shape index (κ2) is 10.0. The van der Waals surface area contributed by atoms with E-state index in [2.05, 4.69) is 5.32 Å². The number of nitrogens with one attached hydrogen (secondary N) is 1. The van der Waals surface area contributed by atoms with E-state index in [0.29, 0.717) is 29.7 Å². The van der Waals surface area contributed by atoms with Crippen molar-refractivity contribution in [1.29, 1.82) is 0 Å². The zero-order valence-corrected chi connectivity index (χ0v) is 15.1. The quantitative estimate of drug-likeness (QED) is 0.749. The molecule has 0 aliphatic rings. The van der Waals surface area contributed by atoms with Gasteiger partial charge < -0.3 is 15.2 Å². The smallest absolute Gasteiger partial charge is 0.124 e. The molecule has 0 saturated carbocycles. The number of hydrogen-bond acceptors (Lipinski definition) is 3. The molecule has 0 spiro atoms. The van der Waals surface area contributed by atoms with Crippen LogP contribution in [-0.4, -0.2) is 17.8 Å². The average molecular weight is 377 g/mol. The van der Waals surface area contributed by atoms with E-state index in [9.17, 15) is 5.11 Å². The molecular formula is C17H20Cl3NO2. The lowest BCUT2D eigenvalue weighted by Gasteiger charge is -2.13. The molecule has 3 nitrogen and oxygen atoms in total. The van der Waals surface area contributed by atoms with Crippen molar-refractivity contribution in [1.82, 2.24) is 5.32 Å². The Kier molecular flexibility index (Phi) is 8.74. The lowest BCUT2D eigenvalue weighted by atomic mass is 10.2. The second-order valence-electron chi connectivity index (χ2n) is 5.15. The summed E-state index contributed by atoms with van der Waals surface area (Å²) >= 11 is 11.9. The summed E-state index contributed by atoms with van der Waals surface area (Å²) in [7, 11) is 0. The molecule has 0 aliphatic heterocycles. The van der Waals surface area contributed by atoms with Crippen LogP contribution in [0.25, 0.3) is 0 Å². The minimum absolute atomic E-state index is 0. The molecule has 2 aromatic rings. The van der Waals surface area contributed by atoms with Crippen LogP contribution in [0.4, 0.5) is 0 Å². The van der Waals surface area contributed by atoms with E-state index >= 15 is 0 Å². The predicted molar refractivity (Wildman–Crippen MR) is 97.9 cm³/mol. The van der Waals surface area contributed by atoms with E-state index in [1.54, 1.807) is 13.0 Å². The second-order valence-corrected chi connectivity index (χ2v) is 6.02. The Morgan fingerprint density at radius 3 is 2.39 bits per heavy atom. The number of halogens is 3. The van der Waals surface area contributed by atoms with Crippen molar-refractivity contribution in [2.75, 3.05) is 6.54 Å². The largest absolute Gasteiger partial charge is 0.489 e. The molecule has 0 fully saturated rings. The summed E-state index contributed by atoms with van der Waals surface area (Å²) < 4.78 is 5.87. The van der Waals surface area contributed by atoms with Crippen molar-refractivity contribution >= 4 is 35.6 Å². The van der Waals surface area contributed by atoms with Crippen LogP contribution in [-0.2, 0) is 13.2 Å². The first-order valence-corrected chi connectivity index (χ1v) is 7.84. The number of aliphatic hydroxyl groups excluding tert-OH is 1. The topological polar surface area (TPSA) is 41.5 Å². The van der Waals surface area contributed by atoms with Gasteiger partial charge in [-0.1, -0.05) is 35.3 Å². The van der Waals surface area contributed by atoms with Gasteiger partial charge in [-0.05, 0) is 42.8 Å². The van der Waals surface area contributed by atoms with E-state index in [0.717, 1.165) is 16.9 Å². The summed E-state index contributed by atoms with van der Waals surface area (Å²) in [4.78, 5) is 0. The normalized spacial score (nSPS) is 11.7. The van der Waals surface area contributed by atoms with Gasteiger partial charge in [-0.2, -0.15) is 0 Å². The molecule has 1 atom stereocenters. The fourth-order valence-corrected chi connectivity index (χ4v) is 2.31. The van der Waals surface area contributed by atoms with Gasteiger partial charge in [-0.3, -0.25) is 0 Å². The Morgan fingerprint density at radius 2 is 1.74 bits per heavy atom. The van der Waals surface area contributed by atoms with Crippen molar-refractivity contribution in [3.05, 3.63) is 63.6 Å². The molecule has 0 bridgehead atoms. The molecular weight excluding hydrogens is 357 g/mol. The summed E-state index contributed by atoms with van der Waals surface area (Å²) in [5.41, 5.74) is 2.00. The summed E-state index contributed by atoms with van der Waals surface area (Å²) in [6, 6.07) is 13.1. The molecule has 0 radical (unpaired) electrons. The first-order valence-electron chi connectivity index (χ1n) is 7.09. The van der Waals surface area contributed by atoms with Crippen LogP contribution in [0, 0.1) is 0 Å². The highest BCUT2D eigenvalue weighted by atomic mass is 35.5. The summed E-state index contributed by atoms with van der Waals surface area (Å²) in [6.45, 7) is 3.30. The van der Waals surface area contributed by atoms with Crippen LogP contribution < -0.4 is 10.1 Å². The van der Waals surface area contributed by atoms with Crippen LogP contribution in [0.15, 0.2) is 42.5 Å². The summed E-state index contributed by atoms with van der Waals surface area (Å²) in [5.74, 6) is 0.775. The SMILES string of the molecule is CC(O)CNCc1cc(Cl)ccc1OCc1ccc(Cl)cc1.Cl. The van der Waals surface area contributed by atoms with Crippen LogP contribution in [0.5, 0.6) is 5.75 Å². The lowest BCUT2D eigenvalue weighted by Crippen LogP contribution is -2.24. The van der Waals surface area contributed by atoms with Crippen molar-refractivity contribution < 1.29 is 9.84 Å². The Morgan fingerprint density at radius 1 is 1.09 bits per heavy atom. The number of rotatable bonds is 7. The van der Waals surface area contributed by atoms with E-state index in [-0.39, 0.29) is 12.4 Å². The maximum Gasteiger partial charge on any atom is 0.124 e. The zero-order valence-electron chi connectivity index (χ0n) is 12.8. The molecule has 2 aromatic carbocycles. The first-order chi connectivity index (χ1) is 10.5. The van der Waals surface area contributed by atoms with Gasteiger partial charge in [0.1, 0.15) is 12.4 Å². The Hall–Kier alpha value is -0.970. The Labute approximate surface area is 153 Å². The minimum Gasteiger partial charge on any atom is -0.489 e. The summed E-state index contributed by atoms with van der Waals surface area (Å²) in [5, 5.41) is 13.8. The molecule has 0 heterocycles. The number of ether oxygens (including phenoxy) is 1. The van der Waals surface area contributed by atoms with Gasteiger partial charge in [-0.25, -0.2) is 0 Å². The highest BCUT2D eigenvalue weighted by Gasteiger charge is 2.06. The fraction of sp³-hybridized carbons (Fsp3) is 0.294. The van der Waals surface area contributed by atoms with Crippen LogP contribution in [0.2, 0.25) is 10.0 Å². The van der Waals surface area contributed by atoms with E-state index in [4.69, 9.17) is 27.9 Å². The number of hydrogen-bond donors (Lipinski definition) is 2. The molecule has 2 rings (SSSR count). The molecule has 2 N–H and O–H groups in total. The molecule has 6 heteroatoms. The average Bonchev–Trinajstić information content (AvgIpc) is 2.48. The molecule has 0 aliphatic carbocycles. The molecule has 126 valence electrons. The molecule has 0 aromatic heterocycles. The monoisotopic (exact) mass is 375 g/mol. The van der Waals surface area contributed by atoms with E-state index in [1.165, 1.54) is 0 Å². The Balaban J connectivity index is 0.00000264. The molecule has 23 heavy (non-hydrogen) atoms. The minimum atomic E-state index is -0.391. The van der Waals surface area contributed by atoms with Gasteiger partial charge in [0.25, 0.3) is 0 Å². The van der Waals surface area contributed by atoms with Gasteiger partial charge in [0.15, 0.2) is 0 Å².